The summed E-state index contributed by atoms with van der Waals surface area (Å²) in [6, 6.07) is 0. The van der Waals surface area contributed by atoms with E-state index in [2.05, 4.69) is 20.8 Å². The van der Waals surface area contributed by atoms with Crippen LogP contribution in [0.1, 0.15) is 59.3 Å². The molecule has 0 heterocycles. The summed E-state index contributed by atoms with van der Waals surface area (Å²) >= 11 is 0. The summed E-state index contributed by atoms with van der Waals surface area (Å²) in [5, 5.41) is 0. The Labute approximate surface area is 94.6 Å². The standard InChI is InChI=1S/C13H27NO/c1-11(2)9-12(3)15-13(10-14)7-5-4-6-8-13/h11-12H,4-10,14H2,1-3H3. The van der Waals surface area contributed by atoms with Crippen molar-refractivity contribution in [2.75, 3.05) is 6.54 Å². The first kappa shape index (κ1) is 13.0. The lowest BCUT2D eigenvalue weighted by atomic mass is 9.84. The Balaban J connectivity index is 2.43. The molecule has 1 atom stereocenters. The second kappa shape index (κ2) is 5.86. The topological polar surface area (TPSA) is 35.2 Å². The summed E-state index contributed by atoms with van der Waals surface area (Å²) in [6.45, 7) is 7.37. The SMILES string of the molecule is CC(C)CC(C)OC1(CN)CCCCC1. The van der Waals surface area contributed by atoms with Crippen molar-refractivity contribution >= 4 is 0 Å². The fourth-order valence-electron chi connectivity index (χ4n) is 2.70. The summed E-state index contributed by atoms with van der Waals surface area (Å²) in [5.74, 6) is 0.707. The molecule has 2 N–H and O–H groups in total. The van der Waals surface area contributed by atoms with E-state index in [1.807, 2.05) is 0 Å². The molecule has 0 radical (unpaired) electrons. The van der Waals surface area contributed by atoms with Gasteiger partial charge in [0.25, 0.3) is 0 Å². The van der Waals surface area contributed by atoms with Crippen LogP contribution in [0.2, 0.25) is 0 Å². The third kappa shape index (κ3) is 4.12. The zero-order chi connectivity index (χ0) is 11.3. The van der Waals surface area contributed by atoms with Crippen LogP contribution >= 0.6 is 0 Å². The van der Waals surface area contributed by atoms with E-state index in [0.717, 1.165) is 19.3 Å². The predicted octanol–water partition coefficient (Wildman–Crippen LogP) is 3.10. The van der Waals surface area contributed by atoms with E-state index in [-0.39, 0.29) is 5.60 Å². The van der Waals surface area contributed by atoms with E-state index in [0.29, 0.717) is 18.6 Å². The van der Waals surface area contributed by atoms with Crippen LogP contribution in [0.3, 0.4) is 0 Å². The normalized spacial score (nSPS) is 23.0. The van der Waals surface area contributed by atoms with Gasteiger partial charge in [0.15, 0.2) is 0 Å². The molecule has 90 valence electrons. The van der Waals surface area contributed by atoms with Crippen molar-refractivity contribution in [2.45, 2.75) is 71.0 Å². The van der Waals surface area contributed by atoms with Gasteiger partial charge in [0.2, 0.25) is 0 Å². The Morgan fingerprint density at radius 3 is 2.20 bits per heavy atom. The van der Waals surface area contributed by atoms with Gasteiger partial charge in [-0.2, -0.15) is 0 Å². The van der Waals surface area contributed by atoms with Gasteiger partial charge in [-0.15, -0.1) is 0 Å². The van der Waals surface area contributed by atoms with Crippen LogP contribution in [-0.2, 0) is 4.74 Å². The summed E-state index contributed by atoms with van der Waals surface area (Å²) in [4.78, 5) is 0. The van der Waals surface area contributed by atoms with Crippen molar-refractivity contribution < 1.29 is 4.74 Å². The molecule has 0 aromatic heterocycles. The molecule has 0 aromatic carbocycles. The van der Waals surface area contributed by atoms with Crippen LogP contribution in [0.15, 0.2) is 0 Å². The fourth-order valence-corrected chi connectivity index (χ4v) is 2.70. The van der Waals surface area contributed by atoms with Gasteiger partial charge in [-0.25, -0.2) is 0 Å². The van der Waals surface area contributed by atoms with Gasteiger partial charge < -0.3 is 10.5 Å². The molecule has 0 bridgehead atoms. The van der Waals surface area contributed by atoms with Gasteiger partial charge in [0, 0.05) is 6.54 Å². The molecule has 0 spiro atoms. The van der Waals surface area contributed by atoms with Gasteiger partial charge in [0.05, 0.1) is 11.7 Å². The van der Waals surface area contributed by atoms with Gasteiger partial charge >= 0.3 is 0 Å². The maximum absolute atomic E-state index is 6.21. The highest BCUT2D eigenvalue weighted by Crippen LogP contribution is 2.32. The van der Waals surface area contributed by atoms with E-state index < -0.39 is 0 Å². The van der Waals surface area contributed by atoms with E-state index in [9.17, 15) is 0 Å². The number of ether oxygens (including phenoxy) is 1. The Morgan fingerprint density at radius 2 is 1.73 bits per heavy atom. The van der Waals surface area contributed by atoms with Crippen LogP contribution in [0.5, 0.6) is 0 Å². The molecule has 2 heteroatoms. The van der Waals surface area contributed by atoms with Gasteiger partial charge in [-0.05, 0) is 32.1 Å². The molecule has 1 unspecified atom stereocenters. The second-order valence-corrected chi connectivity index (χ2v) is 5.51. The minimum atomic E-state index is 0.00650. The number of hydrogen-bond donors (Lipinski definition) is 1. The van der Waals surface area contributed by atoms with Gasteiger partial charge in [-0.1, -0.05) is 33.1 Å². The van der Waals surface area contributed by atoms with E-state index in [4.69, 9.17) is 10.5 Å². The first-order valence-electron chi connectivity index (χ1n) is 6.46. The molecule has 1 aliphatic rings. The minimum Gasteiger partial charge on any atom is -0.371 e. The Bertz CT molecular complexity index is 173. The Morgan fingerprint density at radius 1 is 1.13 bits per heavy atom. The summed E-state index contributed by atoms with van der Waals surface area (Å²) in [6.07, 6.45) is 7.73. The number of hydrogen-bond acceptors (Lipinski definition) is 2. The van der Waals surface area contributed by atoms with Crippen LogP contribution in [0.4, 0.5) is 0 Å². The van der Waals surface area contributed by atoms with Crippen LogP contribution in [-0.4, -0.2) is 18.2 Å². The monoisotopic (exact) mass is 213 g/mol. The number of rotatable bonds is 5. The predicted molar refractivity (Wildman–Crippen MR) is 64.9 cm³/mol. The van der Waals surface area contributed by atoms with E-state index in [1.165, 1.54) is 19.3 Å². The average molecular weight is 213 g/mol. The van der Waals surface area contributed by atoms with Crippen LogP contribution in [0, 0.1) is 5.92 Å². The van der Waals surface area contributed by atoms with E-state index >= 15 is 0 Å². The maximum Gasteiger partial charge on any atom is 0.0807 e. The maximum atomic E-state index is 6.21. The lowest BCUT2D eigenvalue weighted by molar-refractivity contribution is -0.106. The first-order valence-corrected chi connectivity index (χ1v) is 6.46. The van der Waals surface area contributed by atoms with Crippen molar-refractivity contribution in [3.8, 4) is 0 Å². The van der Waals surface area contributed by atoms with Crippen molar-refractivity contribution in [3.05, 3.63) is 0 Å². The quantitative estimate of drug-likeness (QED) is 0.761. The Hall–Kier alpha value is -0.0800. The van der Waals surface area contributed by atoms with Crippen LogP contribution < -0.4 is 5.73 Å². The molecule has 1 fully saturated rings. The summed E-state index contributed by atoms with van der Waals surface area (Å²) < 4.78 is 6.21. The third-order valence-corrected chi connectivity index (χ3v) is 3.39. The first-order chi connectivity index (χ1) is 7.08. The Kier molecular flexibility index (Phi) is 5.07. The molecular formula is C13H27NO. The van der Waals surface area contributed by atoms with Crippen molar-refractivity contribution in [1.29, 1.82) is 0 Å². The third-order valence-electron chi connectivity index (χ3n) is 3.39. The summed E-state index contributed by atoms with van der Waals surface area (Å²) in [5.41, 5.74) is 5.90. The molecular weight excluding hydrogens is 186 g/mol. The van der Waals surface area contributed by atoms with Gasteiger partial charge in [-0.3, -0.25) is 0 Å². The molecule has 15 heavy (non-hydrogen) atoms. The molecule has 1 rings (SSSR count). The summed E-state index contributed by atoms with van der Waals surface area (Å²) in [7, 11) is 0. The van der Waals surface area contributed by atoms with Gasteiger partial charge in [0.1, 0.15) is 0 Å². The highest BCUT2D eigenvalue weighted by Gasteiger charge is 2.33. The highest BCUT2D eigenvalue weighted by molar-refractivity contribution is 4.86. The van der Waals surface area contributed by atoms with Crippen molar-refractivity contribution in [1.82, 2.24) is 0 Å². The lowest BCUT2D eigenvalue weighted by Crippen LogP contribution is -2.44. The molecule has 0 aromatic rings. The number of nitrogens with two attached hydrogens (primary N) is 1. The van der Waals surface area contributed by atoms with Crippen LogP contribution in [0.25, 0.3) is 0 Å². The molecule has 0 saturated heterocycles. The highest BCUT2D eigenvalue weighted by atomic mass is 16.5. The molecule has 2 nitrogen and oxygen atoms in total. The van der Waals surface area contributed by atoms with Crippen molar-refractivity contribution in [3.63, 3.8) is 0 Å². The molecule has 0 amide bonds. The fraction of sp³-hybridized carbons (Fsp3) is 1.00. The minimum absolute atomic E-state index is 0.00650. The molecule has 0 aliphatic heterocycles. The second-order valence-electron chi connectivity index (χ2n) is 5.51. The zero-order valence-electron chi connectivity index (χ0n) is 10.6. The van der Waals surface area contributed by atoms with Crippen molar-refractivity contribution in [2.24, 2.45) is 11.7 Å². The molecule has 1 saturated carbocycles. The van der Waals surface area contributed by atoms with E-state index in [1.54, 1.807) is 0 Å². The molecule has 1 aliphatic carbocycles. The smallest absolute Gasteiger partial charge is 0.0807 e. The lowest BCUT2D eigenvalue weighted by Gasteiger charge is -2.38. The zero-order valence-corrected chi connectivity index (χ0v) is 10.6. The average Bonchev–Trinajstić information content (AvgIpc) is 2.17. The largest absolute Gasteiger partial charge is 0.371 e.